The highest BCUT2D eigenvalue weighted by Crippen LogP contribution is 2.20. The average molecular weight is 248 g/mol. The van der Waals surface area contributed by atoms with Gasteiger partial charge >= 0.3 is 0 Å². The molecule has 0 saturated carbocycles. The summed E-state index contributed by atoms with van der Waals surface area (Å²) < 4.78 is 0. The molecule has 0 saturated heterocycles. The third-order valence-electron chi connectivity index (χ3n) is 2.67. The fourth-order valence-corrected chi connectivity index (χ4v) is 1.72. The Labute approximate surface area is 108 Å². The molecule has 0 atom stereocenters. The van der Waals surface area contributed by atoms with E-state index in [0.717, 1.165) is 16.6 Å². The molecular weight excluding hydrogens is 240 g/mol. The first-order valence-electron chi connectivity index (χ1n) is 5.51. The number of hydrogen-bond acceptors (Lipinski definition) is 6. The minimum absolute atomic E-state index is 0.173. The minimum atomic E-state index is 0.173. The van der Waals surface area contributed by atoms with Crippen LogP contribution in [0, 0.1) is 11.3 Å². The van der Waals surface area contributed by atoms with Gasteiger partial charge in [-0.3, -0.25) is 9.97 Å². The smallest absolute Gasteiger partial charge is 0.161 e. The van der Waals surface area contributed by atoms with Crippen molar-refractivity contribution in [1.82, 2.24) is 19.9 Å². The van der Waals surface area contributed by atoms with E-state index in [0.29, 0.717) is 5.82 Å². The normalized spacial score (nSPS) is 10.3. The molecule has 0 radical (unpaired) electrons. The summed E-state index contributed by atoms with van der Waals surface area (Å²) in [5.41, 5.74) is 8.28. The van der Waals surface area contributed by atoms with Gasteiger partial charge in [0.2, 0.25) is 0 Å². The lowest BCUT2D eigenvalue weighted by Gasteiger charge is -2.03. The van der Waals surface area contributed by atoms with Crippen molar-refractivity contribution < 1.29 is 0 Å². The highest BCUT2D eigenvalue weighted by Gasteiger charge is 2.07. The Morgan fingerprint density at radius 1 is 1.05 bits per heavy atom. The maximum absolute atomic E-state index is 8.79. The second-order valence-corrected chi connectivity index (χ2v) is 3.86. The van der Waals surface area contributed by atoms with Crippen molar-refractivity contribution in [3.8, 4) is 17.5 Å². The summed E-state index contributed by atoms with van der Waals surface area (Å²) in [5, 5.41) is 8.79. The zero-order valence-corrected chi connectivity index (χ0v) is 9.78. The summed E-state index contributed by atoms with van der Waals surface area (Å²) in [5.74, 6) is 0.635. The van der Waals surface area contributed by atoms with E-state index in [9.17, 15) is 0 Å². The Balaban J connectivity index is 2.14. The second kappa shape index (κ2) is 4.31. The molecule has 2 N–H and O–H groups in total. The Morgan fingerprint density at radius 3 is 2.58 bits per heavy atom. The van der Waals surface area contributed by atoms with Crippen molar-refractivity contribution in [2.24, 2.45) is 0 Å². The van der Waals surface area contributed by atoms with E-state index >= 15 is 0 Å². The largest absolute Gasteiger partial charge is 0.382 e. The van der Waals surface area contributed by atoms with E-state index < -0.39 is 0 Å². The predicted molar refractivity (Wildman–Crippen MR) is 69.7 cm³/mol. The third kappa shape index (κ3) is 1.93. The summed E-state index contributed by atoms with van der Waals surface area (Å²) in [7, 11) is 0. The van der Waals surface area contributed by atoms with E-state index in [4.69, 9.17) is 11.0 Å². The zero-order chi connectivity index (χ0) is 13.2. The van der Waals surface area contributed by atoms with Crippen molar-refractivity contribution in [2.45, 2.75) is 0 Å². The first-order valence-corrected chi connectivity index (χ1v) is 5.51. The maximum atomic E-state index is 8.79. The monoisotopic (exact) mass is 248 g/mol. The first kappa shape index (κ1) is 11.0. The molecule has 3 aromatic rings. The number of rotatable bonds is 1. The number of hydrogen-bond donors (Lipinski definition) is 1. The number of nitrogens with two attached hydrogens (primary N) is 1. The fraction of sp³-hybridized carbons (Fsp3) is 0. The Bertz CT molecular complexity index is 806. The molecule has 2 heterocycles. The second-order valence-electron chi connectivity index (χ2n) is 3.86. The number of fused-ring (bicyclic) bond motifs is 1. The molecule has 0 aliphatic rings. The van der Waals surface area contributed by atoms with Crippen LogP contribution in [0.5, 0.6) is 0 Å². The van der Waals surface area contributed by atoms with E-state index in [1.54, 1.807) is 12.4 Å². The standard InChI is InChI=1S/C13H8N6/c14-6-9-7-18-13(19-12(9)15)8-1-2-10-11(5-8)17-4-3-16-10/h1-5,7H,(H2,15,18,19). The molecular formula is C13H8N6. The van der Waals surface area contributed by atoms with Gasteiger partial charge in [0.15, 0.2) is 5.82 Å². The van der Waals surface area contributed by atoms with E-state index in [1.165, 1.54) is 6.20 Å². The SMILES string of the molecule is N#Cc1cnc(-c2ccc3nccnc3c2)nc1N. The van der Waals surface area contributed by atoms with Crippen LogP contribution in [-0.2, 0) is 0 Å². The molecule has 0 unspecified atom stereocenters. The van der Waals surface area contributed by atoms with Crippen LogP contribution in [0.1, 0.15) is 5.56 Å². The van der Waals surface area contributed by atoms with Crippen LogP contribution >= 0.6 is 0 Å². The number of nitrogen functional groups attached to an aromatic ring is 1. The van der Waals surface area contributed by atoms with Gasteiger partial charge in [0.05, 0.1) is 17.2 Å². The Hall–Kier alpha value is -3.07. The lowest BCUT2D eigenvalue weighted by Crippen LogP contribution is -1.99. The van der Waals surface area contributed by atoms with Gasteiger partial charge in [0, 0.05) is 18.0 Å². The van der Waals surface area contributed by atoms with E-state index in [-0.39, 0.29) is 11.4 Å². The van der Waals surface area contributed by atoms with Crippen molar-refractivity contribution >= 4 is 16.9 Å². The summed E-state index contributed by atoms with van der Waals surface area (Å²) in [6.07, 6.45) is 4.68. The molecule has 0 bridgehead atoms. The van der Waals surface area contributed by atoms with E-state index in [2.05, 4.69) is 19.9 Å². The number of nitriles is 1. The number of nitrogens with zero attached hydrogens (tertiary/aromatic N) is 5. The third-order valence-corrected chi connectivity index (χ3v) is 2.67. The lowest BCUT2D eigenvalue weighted by molar-refractivity contribution is 1.17. The van der Waals surface area contributed by atoms with Gasteiger partial charge in [-0.05, 0) is 18.2 Å². The van der Waals surface area contributed by atoms with Crippen molar-refractivity contribution in [1.29, 1.82) is 5.26 Å². The van der Waals surface area contributed by atoms with Crippen molar-refractivity contribution in [2.75, 3.05) is 5.73 Å². The van der Waals surface area contributed by atoms with Gasteiger partial charge in [-0.2, -0.15) is 5.26 Å². The number of benzene rings is 1. The molecule has 6 heteroatoms. The molecule has 90 valence electrons. The number of aromatic nitrogens is 4. The molecule has 6 nitrogen and oxygen atoms in total. The van der Waals surface area contributed by atoms with Gasteiger partial charge in [-0.1, -0.05) is 0 Å². The molecule has 3 rings (SSSR count). The Kier molecular flexibility index (Phi) is 2.50. The van der Waals surface area contributed by atoms with Crippen LogP contribution in [0.4, 0.5) is 5.82 Å². The van der Waals surface area contributed by atoms with Crippen molar-refractivity contribution in [3.63, 3.8) is 0 Å². The van der Waals surface area contributed by atoms with Gasteiger partial charge in [0.1, 0.15) is 17.5 Å². The van der Waals surface area contributed by atoms with Crippen LogP contribution < -0.4 is 5.73 Å². The topological polar surface area (TPSA) is 101 Å². The first-order chi connectivity index (χ1) is 9.28. The van der Waals surface area contributed by atoms with Gasteiger partial charge in [-0.15, -0.1) is 0 Å². The molecule has 19 heavy (non-hydrogen) atoms. The highest BCUT2D eigenvalue weighted by molar-refractivity contribution is 5.79. The van der Waals surface area contributed by atoms with Crippen LogP contribution in [0.3, 0.4) is 0 Å². The summed E-state index contributed by atoms with van der Waals surface area (Å²) in [4.78, 5) is 16.7. The fourth-order valence-electron chi connectivity index (χ4n) is 1.72. The molecule has 0 aliphatic heterocycles. The van der Waals surface area contributed by atoms with Gasteiger partial charge in [0.25, 0.3) is 0 Å². The van der Waals surface area contributed by atoms with Crippen LogP contribution in [-0.4, -0.2) is 19.9 Å². The summed E-state index contributed by atoms with van der Waals surface area (Å²) in [6.45, 7) is 0. The predicted octanol–water partition coefficient (Wildman–Crippen LogP) is 1.54. The molecule has 0 fully saturated rings. The number of anilines is 1. The lowest BCUT2D eigenvalue weighted by atomic mass is 10.1. The van der Waals surface area contributed by atoms with Gasteiger partial charge in [-0.25, -0.2) is 9.97 Å². The van der Waals surface area contributed by atoms with Crippen molar-refractivity contribution in [3.05, 3.63) is 42.4 Å². The van der Waals surface area contributed by atoms with Crippen LogP contribution in [0.15, 0.2) is 36.8 Å². The summed E-state index contributed by atoms with van der Waals surface area (Å²) in [6, 6.07) is 7.46. The minimum Gasteiger partial charge on any atom is -0.382 e. The average Bonchev–Trinajstić information content (AvgIpc) is 2.46. The molecule has 0 aliphatic carbocycles. The molecule has 0 amide bonds. The quantitative estimate of drug-likeness (QED) is 0.700. The van der Waals surface area contributed by atoms with Gasteiger partial charge < -0.3 is 5.73 Å². The molecule has 2 aromatic heterocycles. The zero-order valence-electron chi connectivity index (χ0n) is 9.78. The highest BCUT2D eigenvalue weighted by atomic mass is 14.9. The maximum Gasteiger partial charge on any atom is 0.161 e. The van der Waals surface area contributed by atoms with Crippen LogP contribution in [0.25, 0.3) is 22.4 Å². The van der Waals surface area contributed by atoms with Crippen LogP contribution in [0.2, 0.25) is 0 Å². The summed E-state index contributed by atoms with van der Waals surface area (Å²) >= 11 is 0. The molecule has 0 spiro atoms. The molecule has 1 aromatic carbocycles. The Morgan fingerprint density at radius 2 is 1.84 bits per heavy atom. The van der Waals surface area contributed by atoms with E-state index in [1.807, 2.05) is 24.3 Å².